The number of pyridine rings is 1. The van der Waals surface area contributed by atoms with Gasteiger partial charge in [-0.3, -0.25) is 0 Å². The van der Waals surface area contributed by atoms with E-state index in [1.54, 1.807) is 18.2 Å². The summed E-state index contributed by atoms with van der Waals surface area (Å²) in [6.07, 6.45) is -0.0316. The first kappa shape index (κ1) is 13.4. The van der Waals surface area contributed by atoms with Crippen LogP contribution in [0.4, 0.5) is 0 Å². The highest BCUT2D eigenvalue weighted by atomic mass is 35.5. The van der Waals surface area contributed by atoms with Gasteiger partial charge >= 0.3 is 5.97 Å². The smallest absolute Gasteiger partial charge is 0.358 e. The molecule has 5 nitrogen and oxygen atoms in total. The number of rotatable bonds is 3. The zero-order valence-corrected chi connectivity index (χ0v) is 11.1. The molecule has 2 rings (SSSR count). The van der Waals surface area contributed by atoms with Crippen molar-refractivity contribution in [2.75, 3.05) is 0 Å². The highest BCUT2D eigenvalue weighted by Gasteiger charge is 2.18. The van der Waals surface area contributed by atoms with Crippen molar-refractivity contribution in [3.8, 4) is 11.5 Å². The molecule has 0 radical (unpaired) electrons. The van der Waals surface area contributed by atoms with Crippen molar-refractivity contribution in [1.29, 1.82) is 0 Å². The summed E-state index contributed by atoms with van der Waals surface area (Å²) in [6.45, 7) is 3.73. The molecule has 0 saturated carbocycles. The minimum atomic E-state index is -1.34. The Kier molecular flexibility index (Phi) is 3.48. The molecule has 1 aromatic carbocycles. The first-order valence-electron chi connectivity index (χ1n) is 5.62. The largest absolute Gasteiger partial charge is 0.505 e. The van der Waals surface area contributed by atoms with Crippen molar-refractivity contribution < 1.29 is 19.7 Å². The van der Waals surface area contributed by atoms with E-state index in [9.17, 15) is 9.90 Å². The van der Waals surface area contributed by atoms with Gasteiger partial charge in [0.05, 0.1) is 6.10 Å². The molecule has 0 aliphatic heterocycles. The molecule has 0 saturated heterocycles. The number of carboxylic acid groups (broad SMARTS) is 1. The lowest BCUT2D eigenvalue weighted by atomic mass is 10.1. The molecule has 1 aromatic heterocycles. The SMILES string of the molecule is CC(C)Oc1ccc2c(Cl)nc(C(=O)O)c(O)c2c1. The van der Waals surface area contributed by atoms with E-state index < -0.39 is 17.4 Å². The normalized spacial score (nSPS) is 10.9. The van der Waals surface area contributed by atoms with Gasteiger partial charge in [-0.2, -0.15) is 0 Å². The average molecular weight is 282 g/mol. The van der Waals surface area contributed by atoms with Crippen LogP contribution in [0.25, 0.3) is 10.8 Å². The highest BCUT2D eigenvalue weighted by molar-refractivity contribution is 6.34. The molecular weight excluding hydrogens is 270 g/mol. The number of hydrogen-bond donors (Lipinski definition) is 2. The minimum absolute atomic E-state index is 0.0290. The summed E-state index contributed by atoms with van der Waals surface area (Å²) in [5.41, 5.74) is -0.473. The Morgan fingerprint density at radius 3 is 2.63 bits per heavy atom. The number of aromatic carboxylic acids is 1. The molecule has 0 atom stereocenters. The van der Waals surface area contributed by atoms with Gasteiger partial charge in [0, 0.05) is 10.8 Å². The van der Waals surface area contributed by atoms with Crippen LogP contribution < -0.4 is 4.74 Å². The molecular formula is C13H12ClNO4. The van der Waals surface area contributed by atoms with Crippen molar-refractivity contribution in [3.63, 3.8) is 0 Å². The second kappa shape index (κ2) is 4.93. The van der Waals surface area contributed by atoms with Crippen LogP contribution in [0.1, 0.15) is 24.3 Å². The number of halogens is 1. The van der Waals surface area contributed by atoms with E-state index in [-0.39, 0.29) is 11.3 Å². The van der Waals surface area contributed by atoms with E-state index in [4.69, 9.17) is 21.4 Å². The van der Waals surface area contributed by atoms with E-state index in [0.717, 1.165) is 0 Å². The Morgan fingerprint density at radius 2 is 2.05 bits per heavy atom. The highest BCUT2D eigenvalue weighted by Crippen LogP contribution is 2.34. The third-order valence-corrected chi connectivity index (χ3v) is 2.77. The summed E-state index contributed by atoms with van der Waals surface area (Å²) in [5.74, 6) is -1.23. The van der Waals surface area contributed by atoms with Crippen molar-refractivity contribution >= 4 is 28.3 Å². The van der Waals surface area contributed by atoms with Crippen LogP contribution in [0.15, 0.2) is 18.2 Å². The summed E-state index contributed by atoms with van der Waals surface area (Å²) in [5, 5.41) is 19.7. The standard InChI is InChI=1S/C13H12ClNO4/c1-6(2)19-7-3-4-8-9(5-7)11(16)10(13(17)18)15-12(8)14/h3-6,16H,1-2H3,(H,17,18). The molecule has 2 aromatic rings. The van der Waals surface area contributed by atoms with Gasteiger partial charge in [-0.15, -0.1) is 0 Å². The number of aromatic nitrogens is 1. The number of aromatic hydroxyl groups is 1. The average Bonchev–Trinajstić information content (AvgIpc) is 2.32. The van der Waals surface area contributed by atoms with E-state index >= 15 is 0 Å². The van der Waals surface area contributed by atoms with Gasteiger partial charge in [0.1, 0.15) is 10.9 Å². The van der Waals surface area contributed by atoms with E-state index in [1.165, 1.54) is 0 Å². The van der Waals surface area contributed by atoms with Gasteiger partial charge in [-0.25, -0.2) is 9.78 Å². The second-order valence-corrected chi connectivity index (χ2v) is 4.64. The topological polar surface area (TPSA) is 79.7 Å². The van der Waals surface area contributed by atoms with Gasteiger partial charge in [0.15, 0.2) is 11.4 Å². The molecule has 0 fully saturated rings. The van der Waals surface area contributed by atoms with Crippen LogP contribution >= 0.6 is 11.6 Å². The van der Waals surface area contributed by atoms with Crippen LogP contribution in [0.3, 0.4) is 0 Å². The number of ether oxygens (including phenoxy) is 1. The maximum atomic E-state index is 11.0. The van der Waals surface area contributed by atoms with E-state index in [2.05, 4.69) is 4.98 Å². The Bertz CT molecular complexity index is 655. The van der Waals surface area contributed by atoms with Gasteiger partial charge in [0.2, 0.25) is 0 Å². The van der Waals surface area contributed by atoms with Crippen molar-refractivity contribution in [2.45, 2.75) is 20.0 Å². The fourth-order valence-electron chi connectivity index (χ4n) is 1.73. The first-order chi connectivity index (χ1) is 8.90. The fourth-order valence-corrected chi connectivity index (χ4v) is 1.98. The molecule has 0 unspecified atom stereocenters. The number of carboxylic acids is 1. The van der Waals surface area contributed by atoms with Gasteiger partial charge in [-0.05, 0) is 32.0 Å². The summed E-state index contributed by atoms with van der Waals surface area (Å²) in [4.78, 5) is 14.6. The second-order valence-electron chi connectivity index (χ2n) is 4.28. The van der Waals surface area contributed by atoms with Crippen LogP contribution in [0.5, 0.6) is 11.5 Å². The van der Waals surface area contributed by atoms with E-state index in [0.29, 0.717) is 16.5 Å². The van der Waals surface area contributed by atoms with Crippen LogP contribution in [-0.4, -0.2) is 27.3 Å². The Labute approximate surface area is 114 Å². The first-order valence-corrected chi connectivity index (χ1v) is 6.00. The predicted molar refractivity (Wildman–Crippen MR) is 71.1 cm³/mol. The Morgan fingerprint density at radius 1 is 1.37 bits per heavy atom. The molecule has 0 bridgehead atoms. The Balaban J connectivity index is 2.68. The molecule has 100 valence electrons. The maximum Gasteiger partial charge on any atom is 0.358 e. The lowest BCUT2D eigenvalue weighted by Gasteiger charge is -2.12. The summed E-state index contributed by atoms with van der Waals surface area (Å²) >= 11 is 5.91. The summed E-state index contributed by atoms with van der Waals surface area (Å²) in [7, 11) is 0. The summed E-state index contributed by atoms with van der Waals surface area (Å²) in [6, 6.07) is 4.87. The van der Waals surface area contributed by atoms with Crippen LogP contribution in [0, 0.1) is 0 Å². The number of fused-ring (bicyclic) bond motifs is 1. The van der Waals surface area contributed by atoms with E-state index in [1.807, 2.05) is 13.8 Å². The number of nitrogens with zero attached hydrogens (tertiary/aromatic N) is 1. The zero-order valence-electron chi connectivity index (χ0n) is 10.3. The molecule has 2 N–H and O–H groups in total. The third kappa shape index (κ3) is 2.56. The lowest BCUT2D eigenvalue weighted by Crippen LogP contribution is -2.06. The fraction of sp³-hybridized carbons (Fsp3) is 0.231. The number of hydrogen-bond acceptors (Lipinski definition) is 4. The van der Waals surface area contributed by atoms with Crippen LogP contribution in [0.2, 0.25) is 5.15 Å². The molecule has 0 spiro atoms. The summed E-state index contributed by atoms with van der Waals surface area (Å²) < 4.78 is 5.50. The predicted octanol–water partition coefficient (Wildman–Crippen LogP) is 3.08. The van der Waals surface area contributed by atoms with Gasteiger partial charge in [-0.1, -0.05) is 11.6 Å². The van der Waals surface area contributed by atoms with Crippen molar-refractivity contribution in [3.05, 3.63) is 29.0 Å². The van der Waals surface area contributed by atoms with Gasteiger partial charge in [0.25, 0.3) is 0 Å². The molecule has 1 heterocycles. The number of carbonyl (C=O) groups is 1. The zero-order chi connectivity index (χ0) is 14.2. The lowest BCUT2D eigenvalue weighted by molar-refractivity contribution is 0.0687. The van der Waals surface area contributed by atoms with Gasteiger partial charge < -0.3 is 14.9 Å². The monoisotopic (exact) mass is 281 g/mol. The molecule has 0 amide bonds. The number of benzene rings is 1. The molecule has 0 aliphatic carbocycles. The maximum absolute atomic E-state index is 11.0. The van der Waals surface area contributed by atoms with Crippen molar-refractivity contribution in [2.24, 2.45) is 0 Å². The molecule has 0 aliphatic rings. The minimum Gasteiger partial charge on any atom is -0.505 e. The molecule has 6 heteroatoms. The van der Waals surface area contributed by atoms with Crippen LogP contribution in [-0.2, 0) is 0 Å². The Hall–Kier alpha value is -2.01. The quantitative estimate of drug-likeness (QED) is 0.845. The third-order valence-electron chi connectivity index (χ3n) is 2.48. The van der Waals surface area contributed by atoms with Crippen molar-refractivity contribution in [1.82, 2.24) is 4.98 Å². The molecule has 19 heavy (non-hydrogen) atoms.